The van der Waals surface area contributed by atoms with Crippen molar-refractivity contribution in [3.05, 3.63) is 109 Å². The summed E-state index contributed by atoms with van der Waals surface area (Å²) in [5.41, 5.74) is 6.24. The molecule has 2 heterocycles. The van der Waals surface area contributed by atoms with E-state index >= 15 is 0 Å². The van der Waals surface area contributed by atoms with Crippen molar-refractivity contribution in [2.75, 3.05) is 34.4 Å². The Morgan fingerprint density at radius 3 is 1.68 bits per heavy atom. The van der Waals surface area contributed by atoms with E-state index in [1.807, 2.05) is 120 Å². The summed E-state index contributed by atoms with van der Waals surface area (Å²) in [4.78, 5) is 3.67. The van der Waals surface area contributed by atoms with Gasteiger partial charge in [-0.2, -0.15) is 16.8 Å². The molecule has 2 N–H and O–H groups in total. The van der Waals surface area contributed by atoms with E-state index in [0.29, 0.717) is 30.0 Å². The summed E-state index contributed by atoms with van der Waals surface area (Å²) in [7, 11) is -8.49. The average Bonchev–Trinajstić information content (AvgIpc) is 3.58. The monoisotopic (exact) mass is 676 g/mol. The molecule has 6 rings (SSSR count). The van der Waals surface area contributed by atoms with E-state index in [9.17, 15) is 25.9 Å². The lowest BCUT2D eigenvalue weighted by molar-refractivity contribution is 0.222. The molecule has 0 aromatic heterocycles. The van der Waals surface area contributed by atoms with E-state index in [-0.39, 0.29) is 13.1 Å². The molecule has 2 aliphatic heterocycles. The minimum atomic E-state index is -4.25. The largest absolute Gasteiger partial charge is 0.468 e. The molecule has 2 aliphatic rings. The fourth-order valence-electron chi connectivity index (χ4n) is 5.97. The van der Waals surface area contributed by atoms with Gasteiger partial charge in [-0.1, -0.05) is 85.3 Å². The summed E-state index contributed by atoms with van der Waals surface area (Å²) in [5.74, 6) is 0.241. The van der Waals surface area contributed by atoms with Gasteiger partial charge in [0.05, 0.1) is 22.9 Å². The molecule has 0 saturated carbocycles. The number of hydrogen-bond acceptors (Lipinski definition) is 8. The highest BCUT2D eigenvalue weighted by Crippen LogP contribution is 2.43. The SMILES string of the molecule is CCC(=CC1Oc2ccc(-c3ccccc3)cc2N1CCS(=O)(=O)O)CC1Oc2ccc(-c3ccccc3)cc2N1CCS(=O)(=O)O. The molecule has 0 spiro atoms. The van der Waals surface area contributed by atoms with Gasteiger partial charge in [-0.15, -0.1) is 0 Å². The number of hydrogen-bond donors (Lipinski definition) is 2. The minimum Gasteiger partial charge on any atom is -0.468 e. The molecule has 2 atom stereocenters. The summed E-state index contributed by atoms with van der Waals surface area (Å²) >= 11 is 0. The van der Waals surface area contributed by atoms with Gasteiger partial charge in [-0.25, -0.2) is 0 Å². The lowest BCUT2D eigenvalue weighted by Crippen LogP contribution is -2.39. The number of benzene rings is 4. The van der Waals surface area contributed by atoms with Crippen LogP contribution < -0.4 is 19.3 Å². The molecular weight excluding hydrogens is 641 g/mol. The van der Waals surface area contributed by atoms with Crippen molar-refractivity contribution in [1.29, 1.82) is 0 Å². The molecule has 4 aromatic carbocycles. The minimum absolute atomic E-state index is 0.00362. The maximum Gasteiger partial charge on any atom is 0.266 e. The summed E-state index contributed by atoms with van der Waals surface area (Å²) in [6, 6.07) is 31.1. The Labute approximate surface area is 275 Å². The molecular formula is C35H36N2O8S2. The van der Waals surface area contributed by atoms with E-state index in [1.165, 1.54) is 0 Å². The highest BCUT2D eigenvalue weighted by molar-refractivity contribution is 7.86. The highest BCUT2D eigenvalue weighted by Gasteiger charge is 2.35. The van der Waals surface area contributed by atoms with Gasteiger partial charge < -0.3 is 19.3 Å². The van der Waals surface area contributed by atoms with Crippen molar-refractivity contribution in [2.24, 2.45) is 0 Å². The summed E-state index contributed by atoms with van der Waals surface area (Å²) in [6.45, 7) is 2.00. The van der Waals surface area contributed by atoms with Crippen LogP contribution in [0, 0.1) is 0 Å². The Bertz CT molecular complexity index is 1980. The van der Waals surface area contributed by atoms with Crippen LogP contribution in [-0.4, -0.2) is 63.0 Å². The predicted octanol–water partition coefficient (Wildman–Crippen LogP) is 6.27. The van der Waals surface area contributed by atoms with E-state index in [1.54, 1.807) is 0 Å². The van der Waals surface area contributed by atoms with E-state index in [4.69, 9.17) is 9.47 Å². The Hall–Kier alpha value is -4.36. The van der Waals surface area contributed by atoms with E-state index in [2.05, 4.69) is 0 Å². The lowest BCUT2D eigenvalue weighted by Gasteiger charge is -2.27. The van der Waals surface area contributed by atoms with Crippen LogP contribution in [0.3, 0.4) is 0 Å². The molecule has 4 aromatic rings. The van der Waals surface area contributed by atoms with Gasteiger partial charge in [0.15, 0.2) is 12.5 Å². The van der Waals surface area contributed by atoms with Crippen molar-refractivity contribution in [3.8, 4) is 33.8 Å². The molecule has 2 unspecified atom stereocenters. The smallest absolute Gasteiger partial charge is 0.266 e. The number of ether oxygens (including phenoxy) is 2. The molecule has 0 amide bonds. The summed E-state index contributed by atoms with van der Waals surface area (Å²) in [5, 5.41) is 0. The molecule has 10 nitrogen and oxygen atoms in total. The van der Waals surface area contributed by atoms with Crippen molar-refractivity contribution in [3.63, 3.8) is 0 Å². The van der Waals surface area contributed by atoms with Crippen LogP contribution in [-0.2, 0) is 20.2 Å². The molecule has 47 heavy (non-hydrogen) atoms. The van der Waals surface area contributed by atoms with Crippen molar-refractivity contribution in [2.45, 2.75) is 32.2 Å². The zero-order valence-corrected chi connectivity index (χ0v) is 27.4. The Morgan fingerprint density at radius 2 is 1.17 bits per heavy atom. The van der Waals surface area contributed by atoms with Crippen molar-refractivity contribution < 1.29 is 35.4 Å². The quantitative estimate of drug-likeness (QED) is 0.131. The third-order valence-electron chi connectivity index (χ3n) is 8.37. The first kappa shape index (κ1) is 32.6. The normalized spacial score (nSPS) is 17.6. The van der Waals surface area contributed by atoms with Crippen LogP contribution in [0.15, 0.2) is 109 Å². The van der Waals surface area contributed by atoms with Crippen LogP contribution in [0.1, 0.15) is 19.8 Å². The molecule has 246 valence electrons. The second-order valence-corrected chi connectivity index (χ2v) is 14.7. The van der Waals surface area contributed by atoms with Gasteiger partial charge in [0.25, 0.3) is 20.2 Å². The zero-order chi connectivity index (χ0) is 33.2. The van der Waals surface area contributed by atoms with Gasteiger partial charge in [0, 0.05) is 19.5 Å². The maximum absolute atomic E-state index is 11.8. The second-order valence-electron chi connectivity index (χ2n) is 11.5. The molecule has 12 heteroatoms. The molecule has 0 fully saturated rings. The van der Waals surface area contributed by atoms with Gasteiger partial charge in [-0.3, -0.25) is 9.11 Å². The van der Waals surface area contributed by atoms with Crippen LogP contribution in [0.25, 0.3) is 22.3 Å². The highest BCUT2D eigenvalue weighted by atomic mass is 32.2. The summed E-state index contributed by atoms with van der Waals surface area (Å²) in [6.07, 6.45) is 1.69. The predicted molar refractivity (Wildman–Crippen MR) is 183 cm³/mol. The van der Waals surface area contributed by atoms with Crippen molar-refractivity contribution in [1.82, 2.24) is 0 Å². The van der Waals surface area contributed by atoms with Gasteiger partial charge in [0.1, 0.15) is 11.5 Å². The van der Waals surface area contributed by atoms with Crippen molar-refractivity contribution >= 4 is 31.6 Å². The average molecular weight is 677 g/mol. The fraction of sp³-hybridized carbons (Fsp3) is 0.257. The van der Waals surface area contributed by atoms with Crippen LogP contribution >= 0.6 is 0 Å². The van der Waals surface area contributed by atoms with E-state index < -0.39 is 44.2 Å². The number of nitrogens with zero attached hydrogens (tertiary/aromatic N) is 2. The summed E-state index contributed by atoms with van der Waals surface area (Å²) < 4.78 is 79.0. The number of fused-ring (bicyclic) bond motifs is 2. The number of rotatable bonds is 12. The zero-order valence-electron chi connectivity index (χ0n) is 25.8. The first-order valence-electron chi connectivity index (χ1n) is 15.3. The van der Waals surface area contributed by atoms with Crippen LogP contribution in [0.5, 0.6) is 11.5 Å². The Morgan fingerprint density at radius 1 is 0.681 bits per heavy atom. The number of anilines is 2. The second kappa shape index (κ2) is 13.4. The third-order valence-corrected chi connectivity index (χ3v) is 9.76. The maximum atomic E-state index is 11.8. The topological polar surface area (TPSA) is 134 Å². The third kappa shape index (κ3) is 7.79. The molecule has 0 aliphatic carbocycles. The first-order valence-corrected chi connectivity index (χ1v) is 18.5. The van der Waals surface area contributed by atoms with Gasteiger partial charge in [0.2, 0.25) is 0 Å². The van der Waals surface area contributed by atoms with E-state index in [0.717, 1.165) is 33.5 Å². The van der Waals surface area contributed by atoms with Gasteiger partial charge in [-0.05, 0) is 59.0 Å². The first-order chi connectivity index (χ1) is 22.5. The fourth-order valence-corrected chi connectivity index (χ4v) is 6.83. The molecule has 0 radical (unpaired) electrons. The standard InChI is InChI=1S/C35H36N2O8S2/c1-2-25(21-34-36(17-19-46(38,39)40)30-23-28(13-15-32(30)44-34)26-9-5-3-6-10-26)22-35-37(18-20-47(41,42)43)31-24-29(14-16-33(31)45-35)27-11-7-4-8-12-27/h3-16,21,23-24,34-35H,2,17-20,22H2,1H3,(H,38,39,40)(H,41,42,43). The van der Waals surface area contributed by atoms with Gasteiger partial charge >= 0.3 is 0 Å². The Kier molecular flexibility index (Phi) is 9.29. The van der Waals surface area contributed by atoms with Crippen LogP contribution in [0.4, 0.5) is 11.4 Å². The lowest BCUT2D eigenvalue weighted by atomic mass is 10.0. The Balaban J connectivity index is 1.29. The molecule has 0 bridgehead atoms. The van der Waals surface area contributed by atoms with Crippen LogP contribution in [0.2, 0.25) is 0 Å². The molecule has 0 saturated heterocycles.